The summed E-state index contributed by atoms with van der Waals surface area (Å²) in [6.07, 6.45) is 2.68. The van der Waals surface area contributed by atoms with Crippen molar-refractivity contribution in [3.05, 3.63) is 6.20 Å². The molecular weight excluding hydrogens is 216 g/mol. The van der Waals surface area contributed by atoms with Crippen LogP contribution < -0.4 is 10.6 Å². The lowest BCUT2D eigenvalue weighted by Gasteiger charge is -2.11. The summed E-state index contributed by atoms with van der Waals surface area (Å²) in [7, 11) is 4.12. The zero-order chi connectivity index (χ0) is 12.7. The highest BCUT2D eigenvalue weighted by Crippen LogP contribution is 2.04. The van der Waals surface area contributed by atoms with Crippen molar-refractivity contribution < 1.29 is 0 Å². The Labute approximate surface area is 103 Å². The lowest BCUT2D eigenvalue weighted by molar-refractivity contribution is 0.405. The molecular formula is C11H22N6. The van der Waals surface area contributed by atoms with Crippen molar-refractivity contribution in [1.82, 2.24) is 20.1 Å². The van der Waals surface area contributed by atoms with Crippen LogP contribution in [0.3, 0.4) is 0 Å². The molecule has 0 radical (unpaired) electrons. The Kier molecular flexibility index (Phi) is 5.62. The number of nitrogens with one attached hydrogen (secondary N) is 2. The van der Waals surface area contributed by atoms with E-state index in [4.69, 9.17) is 0 Å². The number of aromatic nitrogens is 3. The molecule has 2 N–H and O–H groups in total. The van der Waals surface area contributed by atoms with Crippen molar-refractivity contribution in [3.8, 4) is 0 Å². The van der Waals surface area contributed by atoms with Gasteiger partial charge in [0.25, 0.3) is 0 Å². The van der Waals surface area contributed by atoms with Gasteiger partial charge >= 0.3 is 0 Å². The van der Waals surface area contributed by atoms with Gasteiger partial charge in [-0.05, 0) is 40.9 Å². The topological polar surface area (TPSA) is 66.0 Å². The van der Waals surface area contributed by atoms with Gasteiger partial charge in [-0.1, -0.05) is 0 Å². The fourth-order valence-corrected chi connectivity index (χ4v) is 1.34. The van der Waals surface area contributed by atoms with Crippen LogP contribution in [0.15, 0.2) is 6.20 Å². The van der Waals surface area contributed by atoms with Crippen molar-refractivity contribution in [3.63, 3.8) is 0 Å². The summed E-state index contributed by atoms with van der Waals surface area (Å²) in [5, 5.41) is 14.2. The molecule has 0 unspecified atom stereocenters. The Morgan fingerprint density at radius 2 is 2.12 bits per heavy atom. The molecule has 0 aliphatic rings. The van der Waals surface area contributed by atoms with Gasteiger partial charge in [-0.25, -0.2) is 0 Å². The standard InChI is InChI=1S/C11H22N6/c1-9(2)14-10-8-13-16-11(15-10)12-6-5-7-17(3)4/h8-9H,5-7H2,1-4H3,(H2,12,14,15,16). The summed E-state index contributed by atoms with van der Waals surface area (Å²) in [6.45, 7) is 6.02. The van der Waals surface area contributed by atoms with Crippen LogP contribution in [0, 0.1) is 0 Å². The van der Waals surface area contributed by atoms with Crippen LogP contribution in [0.5, 0.6) is 0 Å². The van der Waals surface area contributed by atoms with Gasteiger partial charge in [-0.2, -0.15) is 10.1 Å². The Morgan fingerprint density at radius 3 is 2.76 bits per heavy atom. The molecule has 0 aliphatic carbocycles. The SMILES string of the molecule is CC(C)Nc1cnnc(NCCCN(C)C)n1. The lowest BCUT2D eigenvalue weighted by atomic mass is 10.4. The third-order valence-electron chi connectivity index (χ3n) is 2.06. The average molecular weight is 238 g/mol. The van der Waals surface area contributed by atoms with Crippen LogP contribution in [-0.2, 0) is 0 Å². The lowest BCUT2D eigenvalue weighted by Crippen LogP contribution is -2.17. The molecule has 17 heavy (non-hydrogen) atoms. The summed E-state index contributed by atoms with van der Waals surface area (Å²) >= 11 is 0. The summed E-state index contributed by atoms with van der Waals surface area (Å²) in [6, 6.07) is 0.341. The molecule has 0 spiro atoms. The number of rotatable bonds is 7. The van der Waals surface area contributed by atoms with Crippen LogP contribution in [0.25, 0.3) is 0 Å². The Morgan fingerprint density at radius 1 is 1.35 bits per heavy atom. The summed E-state index contributed by atoms with van der Waals surface area (Å²) < 4.78 is 0. The van der Waals surface area contributed by atoms with Crippen LogP contribution in [0.4, 0.5) is 11.8 Å². The maximum atomic E-state index is 4.32. The molecule has 1 heterocycles. The van der Waals surface area contributed by atoms with Crippen LogP contribution in [0.1, 0.15) is 20.3 Å². The molecule has 0 atom stereocenters. The molecule has 96 valence electrons. The first-order chi connectivity index (χ1) is 8.08. The van der Waals surface area contributed by atoms with Gasteiger partial charge in [0.1, 0.15) is 0 Å². The van der Waals surface area contributed by atoms with Gasteiger partial charge < -0.3 is 15.5 Å². The van der Waals surface area contributed by atoms with E-state index >= 15 is 0 Å². The van der Waals surface area contributed by atoms with Crippen molar-refractivity contribution in [2.75, 3.05) is 37.8 Å². The van der Waals surface area contributed by atoms with Crippen molar-refractivity contribution >= 4 is 11.8 Å². The van der Waals surface area contributed by atoms with Gasteiger partial charge in [0.15, 0.2) is 5.82 Å². The average Bonchev–Trinajstić information content (AvgIpc) is 2.24. The zero-order valence-electron chi connectivity index (χ0n) is 11.1. The fourth-order valence-electron chi connectivity index (χ4n) is 1.34. The molecule has 6 heteroatoms. The van der Waals surface area contributed by atoms with E-state index in [-0.39, 0.29) is 0 Å². The summed E-state index contributed by atoms with van der Waals surface area (Å²) in [4.78, 5) is 6.47. The first kappa shape index (κ1) is 13.6. The number of nitrogens with zero attached hydrogens (tertiary/aromatic N) is 4. The molecule has 1 rings (SSSR count). The van der Waals surface area contributed by atoms with E-state index in [1.807, 2.05) is 0 Å². The highest BCUT2D eigenvalue weighted by atomic mass is 15.3. The molecule has 0 amide bonds. The largest absolute Gasteiger partial charge is 0.366 e. The van der Waals surface area contributed by atoms with Crippen molar-refractivity contribution in [2.45, 2.75) is 26.3 Å². The first-order valence-electron chi connectivity index (χ1n) is 5.93. The van der Waals surface area contributed by atoms with E-state index in [9.17, 15) is 0 Å². The van der Waals surface area contributed by atoms with E-state index in [1.54, 1.807) is 6.20 Å². The Bertz CT molecular complexity index is 325. The van der Waals surface area contributed by atoms with Crippen molar-refractivity contribution in [1.29, 1.82) is 0 Å². The minimum absolute atomic E-state index is 0.341. The maximum absolute atomic E-state index is 4.32. The van der Waals surface area contributed by atoms with Crippen LogP contribution in [0.2, 0.25) is 0 Å². The molecule has 1 aromatic heterocycles. The van der Waals surface area contributed by atoms with Gasteiger partial charge in [-0.15, -0.1) is 5.10 Å². The van der Waals surface area contributed by atoms with Gasteiger partial charge in [-0.3, -0.25) is 0 Å². The highest BCUT2D eigenvalue weighted by Gasteiger charge is 2.01. The van der Waals surface area contributed by atoms with E-state index in [0.717, 1.165) is 25.3 Å². The minimum atomic E-state index is 0.341. The summed E-state index contributed by atoms with van der Waals surface area (Å²) in [5.74, 6) is 1.33. The van der Waals surface area contributed by atoms with E-state index in [0.29, 0.717) is 12.0 Å². The number of hydrogen-bond acceptors (Lipinski definition) is 6. The molecule has 0 saturated heterocycles. The third kappa shape index (κ3) is 6.01. The zero-order valence-corrected chi connectivity index (χ0v) is 11.1. The fraction of sp³-hybridized carbons (Fsp3) is 0.727. The molecule has 0 fully saturated rings. The quantitative estimate of drug-likeness (QED) is 0.692. The highest BCUT2D eigenvalue weighted by molar-refractivity contribution is 5.37. The molecule has 0 aliphatic heterocycles. The maximum Gasteiger partial charge on any atom is 0.244 e. The summed E-state index contributed by atoms with van der Waals surface area (Å²) in [5.41, 5.74) is 0. The minimum Gasteiger partial charge on any atom is -0.366 e. The number of hydrogen-bond donors (Lipinski definition) is 2. The van der Waals surface area contributed by atoms with Crippen molar-refractivity contribution in [2.24, 2.45) is 0 Å². The second-order valence-corrected chi connectivity index (χ2v) is 4.55. The number of anilines is 2. The molecule has 0 aromatic carbocycles. The predicted octanol–water partition coefficient (Wildman–Crippen LogP) is 1.06. The Balaban J connectivity index is 2.37. The third-order valence-corrected chi connectivity index (χ3v) is 2.06. The monoisotopic (exact) mass is 238 g/mol. The van der Waals surface area contributed by atoms with E-state index in [1.165, 1.54) is 0 Å². The molecule has 1 aromatic rings. The van der Waals surface area contributed by atoms with Gasteiger partial charge in [0.2, 0.25) is 5.95 Å². The molecule has 6 nitrogen and oxygen atoms in total. The smallest absolute Gasteiger partial charge is 0.244 e. The molecule has 0 bridgehead atoms. The van der Waals surface area contributed by atoms with E-state index < -0.39 is 0 Å². The van der Waals surface area contributed by atoms with Crippen LogP contribution >= 0.6 is 0 Å². The second kappa shape index (κ2) is 7.01. The van der Waals surface area contributed by atoms with Gasteiger partial charge in [0.05, 0.1) is 6.20 Å². The normalized spacial score (nSPS) is 10.9. The second-order valence-electron chi connectivity index (χ2n) is 4.55. The predicted molar refractivity (Wildman–Crippen MR) is 70.2 cm³/mol. The van der Waals surface area contributed by atoms with E-state index in [2.05, 4.69) is 58.7 Å². The Hall–Kier alpha value is -1.43. The molecule has 0 saturated carbocycles. The van der Waals surface area contributed by atoms with Crippen LogP contribution in [-0.4, -0.2) is 53.3 Å². The van der Waals surface area contributed by atoms with Gasteiger partial charge in [0, 0.05) is 12.6 Å². The first-order valence-corrected chi connectivity index (χ1v) is 5.93.